The summed E-state index contributed by atoms with van der Waals surface area (Å²) >= 11 is 6.69. The molecule has 0 amide bonds. The van der Waals surface area contributed by atoms with Gasteiger partial charge >= 0.3 is 0 Å². The second-order valence-electron chi connectivity index (χ2n) is 4.47. The van der Waals surface area contributed by atoms with E-state index in [1.165, 1.54) is 17.8 Å². The Morgan fingerprint density at radius 3 is 2.64 bits per heavy atom. The quantitative estimate of drug-likeness (QED) is 0.482. The minimum Gasteiger partial charge on any atom is -0.348 e. The van der Waals surface area contributed by atoms with Gasteiger partial charge in [0.15, 0.2) is 0 Å². The van der Waals surface area contributed by atoms with Crippen LogP contribution in [0.15, 0.2) is 64.0 Å². The number of nitriles is 1. The van der Waals surface area contributed by atoms with Gasteiger partial charge in [0.1, 0.15) is 22.4 Å². The number of nitrogens with zero attached hydrogens (tertiary/aromatic N) is 1. The first-order valence-corrected chi connectivity index (χ1v) is 7.65. The molecule has 2 N–H and O–H groups in total. The summed E-state index contributed by atoms with van der Waals surface area (Å²) in [4.78, 5) is 1.22. The average molecular weight is 327 g/mol. The lowest BCUT2D eigenvalue weighted by molar-refractivity contribution is 0.632. The van der Waals surface area contributed by atoms with Gasteiger partial charge in [-0.1, -0.05) is 48.2 Å². The van der Waals surface area contributed by atoms with E-state index in [-0.39, 0.29) is 10.7 Å². The molecule has 1 aliphatic heterocycles. The largest absolute Gasteiger partial charge is 0.348 e. The molecule has 0 unspecified atom stereocenters. The topological polar surface area (TPSA) is 47.9 Å². The standard InChI is InChI=1S/C16H10FN3S2/c17-11-5-1-2-6-12(11)19-15(21)10(9-18)16-20-13-7-3-4-8-14(13)22-16/h1-8,20H,(H,19,21). The molecule has 0 fully saturated rings. The highest BCUT2D eigenvalue weighted by Crippen LogP contribution is 2.42. The van der Waals surface area contributed by atoms with Crippen LogP contribution in [-0.4, -0.2) is 4.99 Å². The normalized spacial score (nSPS) is 14.5. The number of thiocarbonyl (C=S) groups is 1. The molecule has 0 aromatic heterocycles. The third kappa shape index (κ3) is 2.82. The van der Waals surface area contributed by atoms with E-state index in [2.05, 4.69) is 16.7 Å². The first-order chi connectivity index (χ1) is 10.7. The van der Waals surface area contributed by atoms with E-state index in [1.807, 2.05) is 24.3 Å². The first kappa shape index (κ1) is 14.6. The molecular weight excluding hydrogens is 317 g/mol. The highest BCUT2D eigenvalue weighted by Gasteiger charge is 2.21. The maximum absolute atomic E-state index is 13.7. The Balaban J connectivity index is 1.87. The molecule has 3 nitrogen and oxygen atoms in total. The molecule has 6 heteroatoms. The third-order valence-corrected chi connectivity index (χ3v) is 4.43. The third-order valence-electron chi connectivity index (χ3n) is 3.04. The Kier molecular flexibility index (Phi) is 4.09. The predicted octanol–water partition coefficient (Wildman–Crippen LogP) is 4.52. The lowest BCUT2D eigenvalue weighted by atomic mass is 10.2. The molecule has 1 aliphatic rings. The van der Waals surface area contributed by atoms with E-state index in [9.17, 15) is 9.65 Å². The number of nitrogens with one attached hydrogen (secondary N) is 2. The molecular formula is C16H10FN3S2. The van der Waals surface area contributed by atoms with Gasteiger partial charge in [-0.3, -0.25) is 0 Å². The van der Waals surface area contributed by atoms with Crippen LogP contribution in [0.3, 0.4) is 0 Å². The Labute approximate surface area is 136 Å². The molecule has 3 rings (SSSR count). The summed E-state index contributed by atoms with van der Waals surface area (Å²) in [5.41, 5.74) is 1.48. The SMILES string of the molecule is N#CC(C(=S)Nc1ccccc1F)=C1Nc2ccccc2S1. The summed E-state index contributed by atoms with van der Waals surface area (Å²) in [5, 5.41) is 16.0. The average Bonchev–Trinajstić information content (AvgIpc) is 2.94. The number of rotatable bonds is 2. The fourth-order valence-electron chi connectivity index (χ4n) is 1.98. The van der Waals surface area contributed by atoms with Crippen LogP contribution in [0, 0.1) is 17.1 Å². The number of hydrogen-bond acceptors (Lipinski definition) is 4. The fourth-order valence-corrected chi connectivity index (χ4v) is 3.31. The van der Waals surface area contributed by atoms with E-state index < -0.39 is 5.82 Å². The molecule has 0 spiro atoms. The van der Waals surface area contributed by atoms with Crippen molar-refractivity contribution in [2.45, 2.75) is 4.90 Å². The second-order valence-corrected chi connectivity index (χ2v) is 5.93. The summed E-state index contributed by atoms with van der Waals surface area (Å²) in [5.74, 6) is -0.414. The van der Waals surface area contributed by atoms with Crippen molar-refractivity contribution in [1.82, 2.24) is 0 Å². The second kappa shape index (κ2) is 6.18. The van der Waals surface area contributed by atoms with Crippen LogP contribution in [0.1, 0.15) is 0 Å². The zero-order valence-corrected chi connectivity index (χ0v) is 12.9. The number of benzene rings is 2. The number of fused-ring (bicyclic) bond motifs is 1. The number of halogens is 1. The van der Waals surface area contributed by atoms with E-state index in [1.54, 1.807) is 18.2 Å². The van der Waals surface area contributed by atoms with Crippen LogP contribution in [0.4, 0.5) is 15.8 Å². The van der Waals surface area contributed by atoms with Crippen molar-refractivity contribution in [1.29, 1.82) is 5.26 Å². The summed E-state index contributed by atoms with van der Waals surface area (Å²) < 4.78 is 13.7. The lowest BCUT2D eigenvalue weighted by Gasteiger charge is -2.09. The molecule has 0 radical (unpaired) electrons. The van der Waals surface area contributed by atoms with E-state index in [4.69, 9.17) is 12.2 Å². The van der Waals surface area contributed by atoms with Gasteiger partial charge in [-0.2, -0.15) is 5.26 Å². The van der Waals surface area contributed by atoms with Gasteiger partial charge in [0, 0.05) is 4.90 Å². The Morgan fingerprint density at radius 1 is 1.18 bits per heavy atom. The van der Waals surface area contributed by atoms with Gasteiger partial charge in [0.2, 0.25) is 0 Å². The lowest BCUT2D eigenvalue weighted by Crippen LogP contribution is -2.14. The van der Waals surface area contributed by atoms with Crippen molar-refractivity contribution in [3.05, 3.63) is 65.0 Å². The highest BCUT2D eigenvalue weighted by atomic mass is 32.2. The van der Waals surface area contributed by atoms with Gasteiger partial charge in [-0.15, -0.1) is 0 Å². The van der Waals surface area contributed by atoms with Crippen molar-refractivity contribution < 1.29 is 4.39 Å². The number of hydrogen-bond donors (Lipinski definition) is 2. The maximum Gasteiger partial charge on any atom is 0.146 e. The highest BCUT2D eigenvalue weighted by molar-refractivity contribution is 8.03. The van der Waals surface area contributed by atoms with Gasteiger partial charge in [-0.05, 0) is 24.3 Å². The van der Waals surface area contributed by atoms with Crippen molar-refractivity contribution in [3.63, 3.8) is 0 Å². The van der Waals surface area contributed by atoms with Gasteiger partial charge < -0.3 is 10.6 Å². The molecule has 0 saturated heterocycles. The monoisotopic (exact) mass is 327 g/mol. The Hall–Kier alpha value is -2.36. The summed E-state index contributed by atoms with van der Waals surface area (Å²) in [6.07, 6.45) is 0. The maximum atomic E-state index is 13.7. The molecule has 108 valence electrons. The summed E-state index contributed by atoms with van der Waals surface area (Å²) in [7, 11) is 0. The molecule has 0 aliphatic carbocycles. The van der Waals surface area contributed by atoms with Crippen molar-refractivity contribution in [2.24, 2.45) is 0 Å². The smallest absolute Gasteiger partial charge is 0.146 e. The summed E-state index contributed by atoms with van der Waals surface area (Å²) in [6, 6.07) is 16.0. The fraction of sp³-hybridized carbons (Fsp3) is 0. The zero-order valence-electron chi connectivity index (χ0n) is 11.3. The van der Waals surface area contributed by atoms with Crippen LogP contribution in [-0.2, 0) is 0 Å². The van der Waals surface area contributed by atoms with Crippen LogP contribution >= 0.6 is 24.0 Å². The first-order valence-electron chi connectivity index (χ1n) is 6.43. The van der Waals surface area contributed by atoms with Gasteiger partial charge in [0.05, 0.1) is 16.4 Å². The van der Waals surface area contributed by atoms with Gasteiger partial charge in [0.25, 0.3) is 0 Å². The van der Waals surface area contributed by atoms with E-state index in [0.29, 0.717) is 10.6 Å². The minimum atomic E-state index is -0.414. The molecule has 22 heavy (non-hydrogen) atoms. The Bertz CT molecular complexity index is 797. The molecule has 2 aromatic carbocycles. The Morgan fingerprint density at radius 2 is 1.91 bits per heavy atom. The van der Waals surface area contributed by atoms with Gasteiger partial charge in [-0.25, -0.2) is 4.39 Å². The zero-order chi connectivity index (χ0) is 15.5. The van der Waals surface area contributed by atoms with Crippen molar-refractivity contribution in [2.75, 3.05) is 10.6 Å². The van der Waals surface area contributed by atoms with Crippen LogP contribution in [0.5, 0.6) is 0 Å². The van der Waals surface area contributed by atoms with Crippen LogP contribution in [0.2, 0.25) is 0 Å². The van der Waals surface area contributed by atoms with Crippen LogP contribution < -0.4 is 10.6 Å². The predicted molar refractivity (Wildman–Crippen MR) is 91.2 cm³/mol. The van der Waals surface area contributed by atoms with Crippen LogP contribution in [0.25, 0.3) is 0 Å². The molecule has 0 atom stereocenters. The van der Waals surface area contributed by atoms with Crippen molar-refractivity contribution in [3.8, 4) is 6.07 Å². The molecule has 0 bridgehead atoms. The number of para-hydroxylation sites is 2. The summed E-state index contributed by atoms with van der Waals surface area (Å²) in [6.45, 7) is 0. The van der Waals surface area contributed by atoms with E-state index in [0.717, 1.165) is 10.6 Å². The molecule has 2 aromatic rings. The van der Waals surface area contributed by atoms with Crippen molar-refractivity contribution >= 4 is 40.3 Å². The number of anilines is 2. The van der Waals surface area contributed by atoms with E-state index >= 15 is 0 Å². The minimum absolute atomic E-state index is 0.190. The molecule has 0 saturated carbocycles. The number of thioether (sulfide) groups is 1. The molecule has 1 heterocycles.